The van der Waals surface area contributed by atoms with Crippen molar-refractivity contribution >= 4 is 17.8 Å². The lowest BCUT2D eigenvalue weighted by Crippen LogP contribution is -2.54. The molecule has 3 heterocycles. The number of carbonyl (C=O) groups is 2. The van der Waals surface area contributed by atoms with Gasteiger partial charge in [-0.05, 0) is 37.6 Å². The second kappa shape index (κ2) is 7.35. The maximum atomic E-state index is 13.2. The first kappa shape index (κ1) is 18.4. The first-order valence-electron chi connectivity index (χ1n) is 10.0. The lowest BCUT2D eigenvalue weighted by atomic mass is 9.81. The van der Waals surface area contributed by atoms with E-state index in [2.05, 4.69) is 20.6 Å². The molecule has 0 radical (unpaired) electrons. The summed E-state index contributed by atoms with van der Waals surface area (Å²) >= 11 is 0. The van der Waals surface area contributed by atoms with E-state index in [1.807, 2.05) is 48.5 Å². The minimum atomic E-state index is -0.625. The smallest absolute Gasteiger partial charge is 0.317 e. The largest absolute Gasteiger partial charge is 0.330 e. The van der Waals surface area contributed by atoms with Crippen LogP contribution in [0.15, 0.2) is 67.0 Å². The second-order valence-electron chi connectivity index (χ2n) is 7.55. The third-order valence-electron chi connectivity index (χ3n) is 5.88. The van der Waals surface area contributed by atoms with E-state index in [-0.39, 0.29) is 5.91 Å². The Morgan fingerprint density at radius 2 is 1.70 bits per heavy atom. The highest BCUT2D eigenvalue weighted by Crippen LogP contribution is 2.45. The summed E-state index contributed by atoms with van der Waals surface area (Å²) in [5.41, 5.74) is 2.56. The van der Waals surface area contributed by atoms with Crippen LogP contribution in [0.5, 0.6) is 0 Å². The normalized spacial score (nSPS) is 17.1. The van der Waals surface area contributed by atoms with Crippen molar-refractivity contribution in [2.45, 2.75) is 18.4 Å². The second-order valence-corrected chi connectivity index (χ2v) is 7.55. The number of carbonyl (C=O) groups excluding carboxylic acids is 2. The molecule has 7 nitrogen and oxygen atoms in total. The number of anilines is 1. The van der Waals surface area contributed by atoms with E-state index in [0.29, 0.717) is 29.9 Å². The molecule has 150 valence electrons. The van der Waals surface area contributed by atoms with Crippen LogP contribution in [0.4, 0.5) is 10.6 Å². The van der Waals surface area contributed by atoms with Crippen LogP contribution < -0.4 is 10.6 Å². The summed E-state index contributed by atoms with van der Waals surface area (Å²) in [4.78, 5) is 36.5. The van der Waals surface area contributed by atoms with Gasteiger partial charge in [0, 0.05) is 11.1 Å². The van der Waals surface area contributed by atoms with Gasteiger partial charge < -0.3 is 5.32 Å². The van der Waals surface area contributed by atoms with E-state index in [1.165, 1.54) is 11.1 Å². The molecule has 7 heteroatoms. The molecule has 0 saturated carbocycles. The molecule has 0 bridgehead atoms. The van der Waals surface area contributed by atoms with Gasteiger partial charge in [0.1, 0.15) is 0 Å². The van der Waals surface area contributed by atoms with Gasteiger partial charge in [-0.25, -0.2) is 14.7 Å². The standard InChI is InChI=1S/C23H21N5O2/c29-21-17-8-4-5-9-18(17)23(10-12-24-13-11-23)28(21)22(30)27-20-15-25-19(14-26-20)16-6-2-1-3-7-16/h1-9,14-15,24H,10-13H2,(H,26,27,30). The van der Waals surface area contributed by atoms with Crippen molar-refractivity contribution in [2.24, 2.45) is 0 Å². The zero-order valence-corrected chi connectivity index (χ0v) is 16.3. The van der Waals surface area contributed by atoms with Gasteiger partial charge in [0.05, 0.1) is 23.6 Å². The molecule has 1 aromatic heterocycles. The third-order valence-corrected chi connectivity index (χ3v) is 5.88. The molecule has 1 fully saturated rings. The molecule has 0 atom stereocenters. The highest BCUT2D eigenvalue weighted by molar-refractivity contribution is 6.12. The predicted molar refractivity (Wildman–Crippen MR) is 113 cm³/mol. The van der Waals surface area contributed by atoms with E-state index in [1.54, 1.807) is 12.3 Å². The average molecular weight is 399 g/mol. The molecule has 30 heavy (non-hydrogen) atoms. The minimum Gasteiger partial charge on any atom is -0.317 e. The van der Waals surface area contributed by atoms with Crippen molar-refractivity contribution in [3.8, 4) is 11.3 Å². The fourth-order valence-electron chi connectivity index (χ4n) is 4.45. The van der Waals surface area contributed by atoms with Crippen molar-refractivity contribution in [3.63, 3.8) is 0 Å². The van der Waals surface area contributed by atoms with E-state index < -0.39 is 11.6 Å². The molecule has 3 aromatic rings. The molecule has 0 aliphatic carbocycles. The number of rotatable bonds is 2. The molecular formula is C23H21N5O2. The summed E-state index contributed by atoms with van der Waals surface area (Å²) in [5.74, 6) is 0.0476. The number of aromatic nitrogens is 2. The summed E-state index contributed by atoms with van der Waals surface area (Å²) in [7, 11) is 0. The van der Waals surface area contributed by atoms with Gasteiger partial charge >= 0.3 is 6.03 Å². The van der Waals surface area contributed by atoms with E-state index in [9.17, 15) is 9.59 Å². The zero-order valence-electron chi connectivity index (χ0n) is 16.3. The number of fused-ring (bicyclic) bond motifs is 2. The van der Waals surface area contributed by atoms with Gasteiger partial charge in [0.25, 0.3) is 5.91 Å². The molecule has 1 saturated heterocycles. The summed E-state index contributed by atoms with van der Waals surface area (Å²) in [6.45, 7) is 1.49. The van der Waals surface area contributed by atoms with Crippen LogP contribution in [0.25, 0.3) is 11.3 Å². The van der Waals surface area contributed by atoms with Crippen LogP contribution in [-0.4, -0.2) is 39.9 Å². The topological polar surface area (TPSA) is 87.2 Å². The average Bonchev–Trinajstić information content (AvgIpc) is 3.03. The number of hydrogen-bond acceptors (Lipinski definition) is 5. The number of amides is 3. The van der Waals surface area contributed by atoms with Gasteiger partial charge in [-0.2, -0.15) is 0 Å². The first-order chi connectivity index (χ1) is 14.7. The predicted octanol–water partition coefficient (Wildman–Crippen LogP) is 3.41. The minimum absolute atomic E-state index is 0.265. The quantitative estimate of drug-likeness (QED) is 0.690. The SMILES string of the molecule is O=C(Nc1cnc(-c2ccccc2)cn1)N1C(=O)c2ccccc2C12CCNCC2. The Morgan fingerprint density at radius 3 is 2.43 bits per heavy atom. The zero-order chi connectivity index (χ0) is 20.6. The number of imide groups is 1. The molecule has 2 aliphatic heterocycles. The number of nitrogens with zero attached hydrogens (tertiary/aromatic N) is 3. The Balaban J connectivity index is 1.42. The maximum absolute atomic E-state index is 13.2. The van der Waals surface area contributed by atoms with E-state index in [4.69, 9.17) is 0 Å². The Labute approximate surface area is 174 Å². The highest BCUT2D eigenvalue weighted by Gasteiger charge is 2.52. The van der Waals surface area contributed by atoms with Crippen LogP contribution in [0.1, 0.15) is 28.8 Å². The van der Waals surface area contributed by atoms with Crippen molar-refractivity contribution < 1.29 is 9.59 Å². The number of benzene rings is 2. The molecule has 0 unspecified atom stereocenters. The van der Waals surface area contributed by atoms with Crippen molar-refractivity contribution in [1.29, 1.82) is 0 Å². The van der Waals surface area contributed by atoms with Crippen LogP contribution >= 0.6 is 0 Å². The van der Waals surface area contributed by atoms with Crippen LogP contribution in [0.3, 0.4) is 0 Å². The summed E-state index contributed by atoms with van der Waals surface area (Å²) < 4.78 is 0. The van der Waals surface area contributed by atoms with E-state index in [0.717, 1.165) is 24.2 Å². The number of hydrogen-bond donors (Lipinski definition) is 2. The molecule has 5 rings (SSSR count). The van der Waals surface area contributed by atoms with Gasteiger partial charge in [-0.1, -0.05) is 48.5 Å². The van der Waals surface area contributed by atoms with Crippen LogP contribution in [0, 0.1) is 0 Å². The Morgan fingerprint density at radius 1 is 0.967 bits per heavy atom. The fraction of sp³-hybridized carbons (Fsp3) is 0.217. The summed E-state index contributed by atoms with van der Waals surface area (Å²) in [5, 5.41) is 6.09. The first-order valence-corrected chi connectivity index (χ1v) is 10.0. The van der Waals surface area contributed by atoms with Gasteiger partial charge in [-0.3, -0.25) is 15.1 Å². The Bertz CT molecular complexity index is 1090. The van der Waals surface area contributed by atoms with Crippen molar-refractivity contribution in [3.05, 3.63) is 78.1 Å². The third kappa shape index (κ3) is 2.95. The van der Waals surface area contributed by atoms with Crippen LogP contribution in [0.2, 0.25) is 0 Å². The van der Waals surface area contributed by atoms with Crippen molar-refractivity contribution in [1.82, 2.24) is 20.2 Å². The summed E-state index contributed by atoms with van der Waals surface area (Å²) in [6.07, 6.45) is 4.50. The lowest BCUT2D eigenvalue weighted by molar-refractivity contribution is 0.0603. The molecule has 2 aliphatic rings. The lowest BCUT2D eigenvalue weighted by Gasteiger charge is -2.40. The number of piperidine rings is 1. The van der Waals surface area contributed by atoms with Crippen molar-refractivity contribution in [2.75, 3.05) is 18.4 Å². The summed E-state index contributed by atoms with van der Waals surface area (Å²) in [6, 6.07) is 16.7. The number of nitrogens with one attached hydrogen (secondary N) is 2. The maximum Gasteiger partial charge on any atom is 0.330 e. The molecule has 3 amide bonds. The molecule has 1 spiro atoms. The monoisotopic (exact) mass is 399 g/mol. The fourth-order valence-corrected chi connectivity index (χ4v) is 4.45. The van der Waals surface area contributed by atoms with E-state index >= 15 is 0 Å². The van der Waals surface area contributed by atoms with Crippen LogP contribution in [-0.2, 0) is 5.54 Å². The molecular weight excluding hydrogens is 378 g/mol. The van der Waals surface area contributed by atoms with Gasteiger partial charge in [0.15, 0.2) is 5.82 Å². The molecule has 2 aromatic carbocycles. The highest BCUT2D eigenvalue weighted by atomic mass is 16.2. The Hall–Kier alpha value is -3.58. The van der Waals surface area contributed by atoms with Gasteiger partial charge in [0.2, 0.25) is 0 Å². The number of urea groups is 1. The molecule has 2 N–H and O–H groups in total. The van der Waals surface area contributed by atoms with Gasteiger partial charge in [-0.15, -0.1) is 0 Å². The Kier molecular flexibility index (Phi) is 4.52.